The molecule has 12 heteroatoms. The highest BCUT2D eigenvalue weighted by atomic mass is 32.2. The number of thioether (sulfide) groups is 1. The molecule has 0 N–H and O–H groups in total. The van der Waals surface area contributed by atoms with Gasteiger partial charge in [-0.15, -0.1) is 11.8 Å². The third-order valence-corrected chi connectivity index (χ3v) is 7.76. The van der Waals surface area contributed by atoms with Crippen molar-refractivity contribution in [2.45, 2.75) is 65.8 Å². The highest BCUT2D eigenvalue weighted by molar-refractivity contribution is 7.99. The lowest BCUT2D eigenvalue weighted by atomic mass is 9.92. The van der Waals surface area contributed by atoms with E-state index < -0.39 is 24.1 Å². The van der Waals surface area contributed by atoms with Crippen LogP contribution in [0.25, 0.3) is 0 Å². The van der Waals surface area contributed by atoms with Crippen molar-refractivity contribution in [1.29, 1.82) is 0 Å². The maximum atomic E-state index is 13.7. The summed E-state index contributed by atoms with van der Waals surface area (Å²) in [5.41, 5.74) is 1.81. The number of amides is 1. The van der Waals surface area contributed by atoms with Gasteiger partial charge < -0.3 is 19.1 Å². The van der Waals surface area contributed by atoms with Gasteiger partial charge in [0.05, 0.1) is 18.4 Å². The van der Waals surface area contributed by atoms with Gasteiger partial charge in [0.25, 0.3) is 0 Å². The van der Waals surface area contributed by atoms with Gasteiger partial charge in [-0.25, -0.2) is 4.79 Å². The van der Waals surface area contributed by atoms with Crippen molar-refractivity contribution in [2.75, 3.05) is 43.3 Å². The second-order valence-corrected chi connectivity index (χ2v) is 10.9. The van der Waals surface area contributed by atoms with Crippen LogP contribution in [-0.2, 0) is 32.1 Å². The molecule has 1 aromatic carbocycles. The van der Waals surface area contributed by atoms with Crippen LogP contribution in [0.5, 0.6) is 5.75 Å². The van der Waals surface area contributed by atoms with Crippen LogP contribution >= 0.6 is 11.8 Å². The Kier molecular flexibility index (Phi) is 10.3. The molecule has 8 nitrogen and oxygen atoms in total. The maximum Gasteiger partial charge on any atom is 0.471 e. The third kappa shape index (κ3) is 7.27. The van der Waals surface area contributed by atoms with Crippen LogP contribution in [0, 0.1) is 6.92 Å². The van der Waals surface area contributed by atoms with E-state index in [-0.39, 0.29) is 48.0 Å². The molecule has 0 saturated carbocycles. The van der Waals surface area contributed by atoms with E-state index in [1.807, 2.05) is 11.8 Å². The quantitative estimate of drug-likeness (QED) is 0.276. The van der Waals surface area contributed by atoms with Crippen molar-refractivity contribution >= 4 is 35.3 Å². The smallest absolute Gasteiger partial charge is 0.471 e. The number of alkyl halides is 3. The molecule has 0 radical (unpaired) electrons. The minimum absolute atomic E-state index is 0.0550. The van der Waals surface area contributed by atoms with E-state index in [4.69, 9.17) is 14.2 Å². The molecule has 1 saturated heterocycles. The molecule has 1 aromatic rings. The molecule has 0 aliphatic carbocycles. The van der Waals surface area contributed by atoms with E-state index in [0.29, 0.717) is 35.6 Å². The first-order valence-electron chi connectivity index (χ1n) is 12.8. The number of fused-ring (bicyclic) bond motifs is 1. The highest BCUT2D eigenvalue weighted by Gasteiger charge is 2.47. The Hall–Kier alpha value is -2.73. The van der Waals surface area contributed by atoms with Gasteiger partial charge in [-0.1, -0.05) is 11.6 Å². The molecule has 39 heavy (non-hydrogen) atoms. The molecular weight excluding hydrogens is 537 g/mol. The van der Waals surface area contributed by atoms with Crippen LogP contribution in [0.15, 0.2) is 11.6 Å². The maximum absolute atomic E-state index is 13.7. The summed E-state index contributed by atoms with van der Waals surface area (Å²) in [6.07, 6.45) is -2.78. The first kappa shape index (κ1) is 30.8. The van der Waals surface area contributed by atoms with Gasteiger partial charge in [0.1, 0.15) is 19.0 Å². The minimum Gasteiger partial charge on any atom is -0.496 e. The SMILES string of the molecule is COc1c(C)c2c(c(N(C(=O)C(F)(F)F)C(C)C)c1CC=C(C)CCC(=O)OCCN1CCSC1)C(=O)OC2. The van der Waals surface area contributed by atoms with E-state index in [2.05, 4.69) is 4.90 Å². The van der Waals surface area contributed by atoms with Gasteiger partial charge in [-0.2, -0.15) is 13.2 Å². The summed E-state index contributed by atoms with van der Waals surface area (Å²) in [4.78, 5) is 40.3. The number of halogens is 3. The Morgan fingerprint density at radius 1 is 1.26 bits per heavy atom. The summed E-state index contributed by atoms with van der Waals surface area (Å²) in [6, 6.07) is -0.915. The van der Waals surface area contributed by atoms with Crippen LogP contribution in [-0.4, -0.2) is 73.4 Å². The zero-order valence-corrected chi connectivity index (χ0v) is 23.7. The number of anilines is 1. The van der Waals surface area contributed by atoms with Gasteiger partial charge >= 0.3 is 24.0 Å². The Morgan fingerprint density at radius 2 is 1.97 bits per heavy atom. The Balaban J connectivity index is 1.87. The van der Waals surface area contributed by atoms with Crippen LogP contribution in [0.2, 0.25) is 0 Å². The highest BCUT2D eigenvalue weighted by Crippen LogP contribution is 2.44. The number of cyclic esters (lactones) is 1. The number of allylic oxidation sites excluding steroid dienone is 2. The molecule has 216 valence electrons. The summed E-state index contributed by atoms with van der Waals surface area (Å²) < 4.78 is 57.1. The number of hydrogen-bond acceptors (Lipinski definition) is 8. The van der Waals surface area contributed by atoms with Gasteiger partial charge in [-0.3, -0.25) is 14.5 Å². The lowest BCUT2D eigenvalue weighted by molar-refractivity contribution is -0.170. The van der Waals surface area contributed by atoms with Gasteiger partial charge in [-0.05, 0) is 46.1 Å². The lowest BCUT2D eigenvalue weighted by Crippen LogP contribution is -2.46. The summed E-state index contributed by atoms with van der Waals surface area (Å²) in [5.74, 6) is -0.898. The number of carbonyl (C=O) groups is 3. The summed E-state index contributed by atoms with van der Waals surface area (Å²) >= 11 is 1.84. The van der Waals surface area contributed by atoms with Crippen LogP contribution < -0.4 is 9.64 Å². The first-order chi connectivity index (χ1) is 18.4. The average molecular weight is 573 g/mol. The molecule has 2 heterocycles. The first-order valence-corrected chi connectivity index (χ1v) is 13.9. The number of ether oxygens (including phenoxy) is 3. The molecule has 1 fully saturated rings. The van der Waals surface area contributed by atoms with Crippen molar-refractivity contribution in [1.82, 2.24) is 4.90 Å². The largest absolute Gasteiger partial charge is 0.496 e. The predicted molar refractivity (Wildman–Crippen MR) is 142 cm³/mol. The minimum atomic E-state index is -5.16. The monoisotopic (exact) mass is 572 g/mol. The Labute approximate surface area is 230 Å². The van der Waals surface area contributed by atoms with E-state index in [9.17, 15) is 27.6 Å². The Morgan fingerprint density at radius 3 is 2.56 bits per heavy atom. The fraction of sp³-hybridized carbons (Fsp3) is 0.593. The Bertz CT molecular complexity index is 1130. The number of methoxy groups -OCH3 is 1. The van der Waals surface area contributed by atoms with E-state index >= 15 is 0 Å². The van der Waals surface area contributed by atoms with Gasteiger partial charge in [0, 0.05) is 48.3 Å². The molecule has 0 spiro atoms. The second-order valence-electron chi connectivity index (χ2n) is 9.81. The number of benzene rings is 1. The van der Waals surface area contributed by atoms with Crippen LogP contribution in [0.3, 0.4) is 0 Å². The number of hydrogen-bond donors (Lipinski definition) is 0. The standard InChI is InChI=1S/C27H35F3N2O6S/c1-16(2)32(26(35)27(28,29)30)23-19(24(36-5)18(4)20-14-38-25(34)22(20)23)8-6-17(3)7-9-21(33)37-12-10-31-11-13-39-15-31/h6,16H,7-15H2,1-5H3. The molecule has 1 amide bonds. The predicted octanol–water partition coefficient (Wildman–Crippen LogP) is 4.80. The summed E-state index contributed by atoms with van der Waals surface area (Å²) in [7, 11) is 1.39. The summed E-state index contributed by atoms with van der Waals surface area (Å²) in [6.45, 7) is 8.28. The average Bonchev–Trinajstić information content (AvgIpc) is 3.52. The fourth-order valence-corrected chi connectivity index (χ4v) is 5.72. The van der Waals surface area contributed by atoms with Crippen molar-refractivity contribution in [3.8, 4) is 5.75 Å². The van der Waals surface area contributed by atoms with Crippen molar-refractivity contribution < 1.29 is 41.8 Å². The molecule has 0 bridgehead atoms. The zero-order valence-electron chi connectivity index (χ0n) is 22.9. The van der Waals surface area contributed by atoms with E-state index in [1.54, 1.807) is 19.9 Å². The topological polar surface area (TPSA) is 85.4 Å². The molecule has 0 unspecified atom stereocenters. The van der Waals surface area contributed by atoms with E-state index in [1.165, 1.54) is 21.0 Å². The van der Waals surface area contributed by atoms with Crippen LogP contribution in [0.4, 0.5) is 18.9 Å². The molecule has 3 rings (SSSR count). The number of esters is 2. The normalized spacial score (nSPS) is 15.9. The molecule has 0 atom stereocenters. The number of carbonyl (C=O) groups excluding carboxylic acids is 3. The molecule has 0 aromatic heterocycles. The zero-order chi connectivity index (χ0) is 28.9. The third-order valence-electron chi connectivity index (χ3n) is 6.74. The number of rotatable bonds is 11. The fourth-order valence-electron chi connectivity index (χ4n) is 4.69. The summed E-state index contributed by atoms with van der Waals surface area (Å²) in [5, 5.41) is 0. The second kappa shape index (κ2) is 13.1. The van der Waals surface area contributed by atoms with Gasteiger partial charge in [0.15, 0.2) is 0 Å². The molecular formula is C27H35F3N2O6S. The lowest BCUT2D eigenvalue weighted by Gasteiger charge is -2.32. The van der Waals surface area contributed by atoms with Crippen molar-refractivity contribution in [3.05, 3.63) is 33.9 Å². The van der Waals surface area contributed by atoms with Crippen molar-refractivity contribution in [3.63, 3.8) is 0 Å². The van der Waals surface area contributed by atoms with Crippen molar-refractivity contribution in [2.24, 2.45) is 0 Å². The van der Waals surface area contributed by atoms with E-state index in [0.717, 1.165) is 23.7 Å². The molecule has 2 aliphatic heterocycles. The molecule has 2 aliphatic rings. The van der Waals surface area contributed by atoms with Gasteiger partial charge in [0.2, 0.25) is 0 Å². The van der Waals surface area contributed by atoms with Crippen LogP contribution in [0.1, 0.15) is 60.7 Å². The number of nitrogens with zero attached hydrogens (tertiary/aromatic N) is 2.